The smallest absolute Gasteiger partial charge is 0.255 e. The summed E-state index contributed by atoms with van der Waals surface area (Å²) in [7, 11) is 0. The van der Waals surface area contributed by atoms with Gasteiger partial charge in [0.25, 0.3) is 5.56 Å². The van der Waals surface area contributed by atoms with Crippen molar-refractivity contribution < 1.29 is 4.39 Å². The van der Waals surface area contributed by atoms with E-state index in [0.717, 1.165) is 23.4 Å². The minimum atomic E-state index is -0.354. The van der Waals surface area contributed by atoms with Gasteiger partial charge in [0, 0.05) is 43.5 Å². The monoisotopic (exact) mass is 351 g/mol. The molecule has 4 rings (SSSR count). The van der Waals surface area contributed by atoms with E-state index < -0.39 is 0 Å². The van der Waals surface area contributed by atoms with E-state index in [-0.39, 0.29) is 11.4 Å². The zero-order valence-corrected chi connectivity index (χ0v) is 14.1. The van der Waals surface area contributed by atoms with Gasteiger partial charge in [-0.15, -0.1) is 0 Å². The van der Waals surface area contributed by atoms with Crippen LogP contribution < -0.4 is 11.3 Å². The summed E-state index contributed by atoms with van der Waals surface area (Å²) >= 11 is 0. The molecule has 0 radical (unpaired) electrons. The first-order valence-electron chi connectivity index (χ1n) is 8.38. The Morgan fingerprint density at radius 3 is 2.81 bits per heavy atom. The van der Waals surface area contributed by atoms with Crippen molar-refractivity contribution >= 4 is 5.69 Å². The van der Waals surface area contributed by atoms with E-state index in [9.17, 15) is 9.18 Å². The zero-order valence-electron chi connectivity index (χ0n) is 14.1. The minimum Gasteiger partial charge on any atom is -0.399 e. The highest BCUT2D eigenvalue weighted by molar-refractivity contribution is 5.58. The molecule has 1 aliphatic rings. The zero-order chi connectivity index (χ0) is 18.1. The lowest BCUT2D eigenvalue weighted by atomic mass is 10.1. The van der Waals surface area contributed by atoms with Gasteiger partial charge in [-0.1, -0.05) is 0 Å². The largest absolute Gasteiger partial charge is 0.399 e. The quantitative estimate of drug-likeness (QED) is 0.706. The molecule has 1 aliphatic heterocycles. The number of halogens is 1. The average Bonchev–Trinajstić information content (AvgIpc) is 2.63. The lowest BCUT2D eigenvalue weighted by Gasteiger charge is -2.27. The van der Waals surface area contributed by atoms with Gasteiger partial charge in [-0.25, -0.2) is 9.37 Å². The van der Waals surface area contributed by atoms with E-state index in [1.165, 1.54) is 12.3 Å². The van der Waals surface area contributed by atoms with Crippen molar-refractivity contribution in [3.05, 3.63) is 75.7 Å². The third-order valence-corrected chi connectivity index (χ3v) is 4.50. The molecular weight excluding hydrogens is 333 g/mol. The van der Waals surface area contributed by atoms with E-state index in [1.807, 2.05) is 12.1 Å². The fourth-order valence-corrected chi connectivity index (χ4v) is 3.19. The average molecular weight is 351 g/mol. The highest BCUT2D eigenvalue weighted by Crippen LogP contribution is 2.20. The molecule has 3 N–H and O–H groups in total. The van der Waals surface area contributed by atoms with Crippen molar-refractivity contribution in [2.45, 2.75) is 19.5 Å². The van der Waals surface area contributed by atoms with E-state index >= 15 is 0 Å². The van der Waals surface area contributed by atoms with Crippen molar-refractivity contribution in [1.82, 2.24) is 19.9 Å². The van der Waals surface area contributed by atoms with Crippen LogP contribution in [-0.2, 0) is 19.5 Å². The van der Waals surface area contributed by atoms with Gasteiger partial charge in [-0.05, 0) is 35.9 Å². The molecule has 0 spiro atoms. The molecule has 3 heterocycles. The van der Waals surface area contributed by atoms with Crippen LogP contribution in [0.15, 0.2) is 47.5 Å². The van der Waals surface area contributed by atoms with E-state index in [2.05, 4.69) is 19.9 Å². The summed E-state index contributed by atoms with van der Waals surface area (Å²) in [6.07, 6.45) is 3.50. The maximum Gasteiger partial charge on any atom is 0.255 e. The Balaban J connectivity index is 1.58. The molecule has 0 unspecified atom stereocenters. The molecule has 0 amide bonds. The predicted octanol–water partition coefficient (Wildman–Crippen LogP) is 2.11. The molecular formula is C19H18FN5O. The Bertz CT molecular complexity index is 1000. The van der Waals surface area contributed by atoms with E-state index in [1.54, 1.807) is 18.3 Å². The van der Waals surface area contributed by atoms with Gasteiger partial charge in [-0.3, -0.25) is 14.7 Å². The van der Waals surface area contributed by atoms with Crippen LogP contribution in [0.5, 0.6) is 0 Å². The van der Waals surface area contributed by atoms with Crippen LogP contribution in [0, 0.1) is 5.82 Å². The fraction of sp³-hybridized carbons (Fsp3) is 0.211. The first kappa shape index (κ1) is 16.4. The van der Waals surface area contributed by atoms with Gasteiger partial charge >= 0.3 is 0 Å². The molecule has 0 bridgehead atoms. The number of anilines is 1. The summed E-state index contributed by atoms with van der Waals surface area (Å²) in [6.45, 7) is 1.78. The number of pyridine rings is 1. The molecule has 0 saturated carbocycles. The number of nitrogens with zero attached hydrogens (tertiary/aromatic N) is 3. The Labute approximate surface area is 149 Å². The number of nitrogen functional groups attached to an aromatic ring is 1. The molecule has 0 aliphatic carbocycles. The number of aromatic amines is 1. The number of nitrogens with two attached hydrogens (primary N) is 1. The number of rotatable bonds is 3. The third-order valence-electron chi connectivity index (χ3n) is 4.50. The minimum absolute atomic E-state index is 0.135. The predicted molar refractivity (Wildman–Crippen MR) is 96.7 cm³/mol. The Morgan fingerprint density at radius 1 is 1.23 bits per heavy atom. The number of H-pyrrole nitrogens is 1. The van der Waals surface area contributed by atoms with E-state index in [4.69, 9.17) is 5.73 Å². The van der Waals surface area contributed by atoms with Crippen molar-refractivity contribution in [2.75, 3.05) is 12.3 Å². The lowest BCUT2D eigenvalue weighted by molar-refractivity contribution is 0.241. The van der Waals surface area contributed by atoms with Crippen molar-refractivity contribution in [1.29, 1.82) is 0 Å². The lowest BCUT2D eigenvalue weighted by Crippen LogP contribution is -2.35. The first-order valence-corrected chi connectivity index (χ1v) is 8.38. The van der Waals surface area contributed by atoms with Crippen molar-refractivity contribution in [2.24, 2.45) is 0 Å². The molecule has 0 saturated heterocycles. The van der Waals surface area contributed by atoms with Crippen LogP contribution in [-0.4, -0.2) is 26.4 Å². The topological polar surface area (TPSA) is 87.9 Å². The summed E-state index contributed by atoms with van der Waals surface area (Å²) < 4.78 is 13.3. The summed E-state index contributed by atoms with van der Waals surface area (Å²) in [4.78, 5) is 26.0. The SMILES string of the molecule is Nc1ccc(-c2nc3c(c(=O)[nH]2)CN(Cc2cncc(F)c2)CC3)cc1. The molecule has 0 fully saturated rings. The fourth-order valence-electron chi connectivity index (χ4n) is 3.19. The molecule has 26 heavy (non-hydrogen) atoms. The molecule has 0 atom stereocenters. The van der Waals surface area contributed by atoms with Gasteiger partial charge < -0.3 is 10.7 Å². The van der Waals surface area contributed by atoms with Crippen LogP contribution in [0.4, 0.5) is 10.1 Å². The van der Waals surface area contributed by atoms with Crippen LogP contribution >= 0.6 is 0 Å². The van der Waals surface area contributed by atoms with Crippen molar-refractivity contribution in [3.8, 4) is 11.4 Å². The van der Waals surface area contributed by atoms with Crippen LogP contribution in [0.2, 0.25) is 0 Å². The van der Waals surface area contributed by atoms with Gasteiger partial charge in [0.05, 0.1) is 17.5 Å². The van der Waals surface area contributed by atoms with Crippen LogP contribution in [0.1, 0.15) is 16.8 Å². The highest BCUT2D eigenvalue weighted by atomic mass is 19.1. The summed E-state index contributed by atoms with van der Waals surface area (Å²) in [5, 5.41) is 0. The standard InChI is InChI=1S/C19H18FN5O/c20-14-7-12(8-22-9-14)10-25-6-5-17-16(11-25)19(26)24-18(23-17)13-1-3-15(21)4-2-13/h1-4,7-9H,5-6,10-11,21H2,(H,23,24,26). The Kier molecular flexibility index (Phi) is 4.22. The Morgan fingerprint density at radius 2 is 2.04 bits per heavy atom. The number of benzene rings is 1. The maximum atomic E-state index is 13.3. The highest BCUT2D eigenvalue weighted by Gasteiger charge is 2.21. The summed E-state index contributed by atoms with van der Waals surface area (Å²) in [5.41, 5.74) is 9.33. The Hall–Kier alpha value is -3.06. The molecule has 7 heteroatoms. The van der Waals surface area contributed by atoms with Crippen LogP contribution in [0.25, 0.3) is 11.4 Å². The second-order valence-electron chi connectivity index (χ2n) is 6.43. The second-order valence-corrected chi connectivity index (χ2v) is 6.43. The van der Waals surface area contributed by atoms with Gasteiger partial charge in [0.1, 0.15) is 11.6 Å². The summed E-state index contributed by atoms with van der Waals surface area (Å²) in [5.74, 6) is 0.198. The van der Waals surface area contributed by atoms with Gasteiger partial charge in [-0.2, -0.15) is 0 Å². The maximum absolute atomic E-state index is 13.3. The molecule has 3 aromatic rings. The van der Waals surface area contributed by atoms with E-state index in [0.29, 0.717) is 36.6 Å². The van der Waals surface area contributed by atoms with Crippen molar-refractivity contribution in [3.63, 3.8) is 0 Å². The normalized spacial score (nSPS) is 14.2. The number of hydrogen-bond acceptors (Lipinski definition) is 5. The van der Waals surface area contributed by atoms with Gasteiger partial charge in [0.15, 0.2) is 0 Å². The number of fused-ring (bicyclic) bond motifs is 1. The third kappa shape index (κ3) is 3.34. The van der Waals surface area contributed by atoms with Crippen LogP contribution in [0.3, 0.4) is 0 Å². The molecule has 2 aromatic heterocycles. The number of nitrogens with one attached hydrogen (secondary N) is 1. The molecule has 6 nitrogen and oxygen atoms in total. The number of aromatic nitrogens is 3. The van der Waals surface area contributed by atoms with Gasteiger partial charge in [0.2, 0.25) is 0 Å². The molecule has 1 aromatic carbocycles. The summed E-state index contributed by atoms with van der Waals surface area (Å²) in [6, 6.07) is 8.71. The number of hydrogen-bond donors (Lipinski definition) is 2. The second kappa shape index (κ2) is 6.68. The first-order chi connectivity index (χ1) is 12.6. The molecule has 132 valence electrons.